The van der Waals surface area contributed by atoms with Crippen LogP contribution in [0.25, 0.3) is 33.4 Å². The van der Waals surface area contributed by atoms with E-state index in [1.54, 1.807) is 0 Å². The molecule has 0 radical (unpaired) electrons. The van der Waals surface area contributed by atoms with E-state index in [2.05, 4.69) is 9.97 Å². The fourth-order valence-electron chi connectivity index (χ4n) is 2.70. The van der Waals surface area contributed by atoms with Crippen LogP contribution in [0.5, 0.6) is 0 Å². The number of benzene rings is 3. The van der Waals surface area contributed by atoms with Gasteiger partial charge in [0.15, 0.2) is 0 Å². The minimum Gasteiger partial charge on any atom is -0.306 e. The molecule has 4 rings (SSSR count). The van der Waals surface area contributed by atoms with Crippen molar-refractivity contribution in [2.24, 2.45) is 0 Å². The molecule has 0 amide bonds. The van der Waals surface area contributed by atoms with Crippen molar-refractivity contribution in [2.75, 3.05) is 0 Å². The highest BCUT2D eigenvalue weighted by Gasteiger charge is 2.07. The molecule has 0 aliphatic heterocycles. The number of H-pyrrole nitrogens is 1. The molecule has 0 aliphatic rings. The fourth-order valence-corrected chi connectivity index (χ4v) is 2.70. The second-order valence-electron chi connectivity index (χ2n) is 5.52. The molecular weight excluding hydrogens is 303 g/mol. The first-order valence-electron chi connectivity index (χ1n) is 7.56. The van der Waals surface area contributed by atoms with Gasteiger partial charge in [0.25, 0.3) is 5.56 Å². The van der Waals surface area contributed by atoms with Crippen molar-refractivity contribution in [1.29, 1.82) is 0 Å². The number of fused-ring (bicyclic) bond motifs is 1. The zero-order valence-corrected chi connectivity index (χ0v) is 12.7. The number of hydrogen-bond donors (Lipinski definition) is 1. The minimum absolute atomic E-state index is 0.276. The lowest BCUT2D eigenvalue weighted by atomic mass is 10.0. The Balaban J connectivity index is 1.79. The molecule has 3 aromatic carbocycles. The Bertz CT molecular complexity index is 1070. The molecule has 1 N–H and O–H groups in total. The summed E-state index contributed by atoms with van der Waals surface area (Å²) in [5.74, 6) is 0.0173. The number of hydrogen-bond acceptors (Lipinski definition) is 2. The maximum atomic E-state index is 13.4. The van der Waals surface area contributed by atoms with Crippen LogP contribution in [-0.2, 0) is 0 Å². The number of aromatic nitrogens is 2. The Morgan fingerprint density at radius 2 is 1.46 bits per heavy atom. The normalized spacial score (nSPS) is 10.9. The molecule has 1 aromatic heterocycles. The van der Waals surface area contributed by atoms with Gasteiger partial charge in [0.05, 0.1) is 10.9 Å². The summed E-state index contributed by atoms with van der Waals surface area (Å²) >= 11 is 0. The van der Waals surface area contributed by atoms with Gasteiger partial charge in [0.1, 0.15) is 11.6 Å². The number of halogens is 1. The third-order valence-electron chi connectivity index (χ3n) is 3.93. The average Bonchev–Trinajstić information content (AvgIpc) is 2.62. The van der Waals surface area contributed by atoms with Gasteiger partial charge in [-0.3, -0.25) is 4.79 Å². The predicted octanol–water partition coefficient (Wildman–Crippen LogP) is 4.40. The van der Waals surface area contributed by atoms with E-state index in [1.807, 2.05) is 54.6 Å². The molecule has 4 aromatic rings. The molecule has 0 saturated carbocycles. The van der Waals surface area contributed by atoms with Crippen molar-refractivity contribution in [3.63, 3.8) is 0 Å². The van der Waals surface area contributed by atoms with Crippen LogP contribution in [0.1, 0.15) is 0 Å². The van der Waals surface area contributed by atoms with Gasteiger partial charge in [-0.2, -0.15) is 0 Å². The SMILES string of the molecule is O=c1[nH]c(-c2ccc(-c3ccccc3)cc2)nc2cc(F)ccc12. The van der Waals surface area contributed by atoms with Gasteiger partial charge in [-0.25, -0.2) is 9.37 Å². The van der Waals surface area contributed by atoms with Crippen LogP contribution in [0, 0.1) is 5.82 Å². The monoisotopic (exact) mass is 316 g/mol. The smallest absolute Gasteiger partial charge is 0.259 e. The van der Waals surface area contributed by atoms with Gasteiger partial charge in [0, 0.05) is 11.6 Å². The molecule has 0 aliphatic carbocycles. The predicted molar refractivity (Wildman–Crippen MR) is 93.2 cm³/mol. The summed E-state index contributed by atoms with van der Waals surface area (Å²) in [6.45, 7) is 0. The number of aromatic amines is 1. The highest BCUT2D eigenvalue weighted by molar-refractivity contribution is 5.79. The standard InChI is InChI=1S/C20H13FN2O/c21-16-10-11-17-18(12-16)22-19(23-20(17)24)15-8-6-14(7-9-15)13-4-2-1-3-5-13/h1-12H,(H,22,23,24). The maximum absolute atomic E-state index is 13.4. The Morgan fingerprint density at radius 3 is 2.21 bits per heavy atom. The molecule has 1 heterocycles. The van der Waals surface area contributed by atoms with Crippen LogP contribution in [0.4, 0.5) is 4.39 Å². The van der Waals surface area contributed by atoms with E-state index in [4.69, 9.17) is 0 Å². The van der Waals surface area contributed by atoms with Crippen LogP contribution in [0.3, 0.4) is 0 Å². The van der Waals surface area contributed by atoms with Crippen molar-refractivity contribution in [3.8, 4) is 22.5 Å². The van der Waals surface area contributed by atoms with Gasteiger partial charge in [-0.15, -0.1) is 0 Å². The second kappa shape index (κ2) is 5.74. The summed E-state index contributed by atoms with van der Waals surface area (Å²) in [6.07, 6.45) is 0. The van der Waals surface area contributed by atoms with E-state index in [-0.39, 0.29) is 5.56 Å². The van der Waals surface area contributed by atoms with Gasteiger partial charge in [-0.05, 0) is 23.3 Å². The van der Waals surface area contributed by atoms with Crippen molar-refractivity contribution in [3.05, 3.63) is 89.0 Å². The van der Waals surface area contributed by atoms with Crippen LogP contribution >= 0.6 is 0 Å². The van der Waals surface area contributed by atoms with E-state index in [9.17, 15) is 9.18 Å². The molecule has 0 bridgehead atoms. The minimum atomic E-state index is -0.411. The first-order chi connectivity index (χ1) is 11.7. The van der Waals surface area contributed by atoms with Crippen molar-refractivity contribution in [2.45, 2.75) is 0 Å². The third kappa shape index (κ3) is 2.58. The number of nitrogens with one attached hydrogen (secondary N) is 1. The third-order valence-corrected chi connectivity index (χ3v) is 3.93. The highest BCUT2D eigenvalue weighted by Crippen LogP contribution is 2.23. The Hall–Kier alpha value is -3.27. The van der Waals surface area contributed by atoms with E-state index >= 15 is 0 Å². The van der Waals surface area contributed by atoms with Gasteiger partial charge >= 0.3 is 0 Å². The first-order valence-corrected chi connectivity index (χ1v) is 7.56. The molecule has 0 spiro atoms. The lowest BCUT2D eigenvalue weighted by molar-refractivity contribution is 0.629. The van der Waals surface area contributed by atoms with Crippen LogP contribution in [-0.4, -0.2) is 9.97 Å². The van der Waals surface area contributed by atoms with E-state index in [0.29, 0.717) is 16.7 Å². The summed E-state index contributed by atoms with van der Waals surface area (Å²) in [6, 6.07) is 21.7. The maximum Gasteiger partial charge on any atom is 0.259 e. The summed E-state index contributed by atoms with van der Waals surface area (Å²) in [7, 11) is 0. The molecule has 0 saturated heterocycles. The molecule has 0 atom stereocenters. The molecule has 24 heavy (non-hydrogen) atoms. The lowest BCUT2D eigenvalue weighted by Gasteiger charge is -2.05. The van der Waals surface area contributed by atoms with Crippen LogP contribution < -0.4 is 5.56 Å². The Morgan fingerprint density at radius 1 is 0.792 bits per heavy atom. The van der Waals surface area contributed by atoms with E-state index < -0.39 is 5.82 Å². The first kappa shape index (κ1) is 14.3. The van der Waals surface area contributed by atoms with E-state index in [0.717, 1.165) is 16.7 Å². The summed E-state index contributed by atoms with van der Waals surface area (Å²) in [4.78, 5) is 19.3. The number of nitrogens with zero attached hydrogens (tertiary/aromatic N) is 1. The van der Waals surface area contributed by atoms with Crippen LogP contribution in [0.2, 0.25) is 0 Å². The largest absolute Gasteiger partial charge is 0.306 e. The molecule has 0 unspecified atom stereocenters. The quantitative estimate of drug-likeness (QED) is 0.596. The van der Waals surface area contributed by atoms with Crippen molar-refractivity contribution < 1.29 is 4.39 Å². The molecule has 3 nitrogen and oxygen atoms in total. The molecule has 0 fully saturated rings. The van der Waals surface area contributed by atoms with Crippen molar-refractivity contribution >= 4 is 10.9 Å². The zero-order chi connectivity index (χ0) is 16.5. The zero-order valence-electron chi connectivity index (χ0n) is 12.7. The van der Waals surface area contributed by atoms with Crippen LogP contribution in [0.15, 0.2) is 77.6 Å². The van der Waals surface area contributed by atoms with Gasteiger partial charge in [0.2, 0.25) is 0 Å². The summed E-state index contributed by atoms with van der Waals surface area (Å²) < 4.78 is 13.4. The van der Waals surface area contributed by atoms with Gasteiger partial charge < -0.3 is 4.98 Å². The average molecular weight is 316 g/mol. The highest BCUT2D eigenvalue weighted by atomic mass is 19.1. The Labute approximate surface area is 137 Å². The molecule has 116 valence electrons. The topological polar surface area (TPSA) is 45.8 Å². The molecular formula is C20H13FN2O. The lowest BCUT2D eigenvalue weighted by Crippen LogP contribution is -2.09. The molecule has 4 heteroatoms. The second-order valence-corrected chi connectivity index (χ2v) is 5.52. The summed E-state index contributed by atoms with van der Waals surface area (Å²) in [5, 5.41) is 0.376. The van der Waals surface area contributed by atoms with Crippen molar-refractivity contribution in [1.82, 2.24) is 9.97 Å². The van der Waals surface area contributed by atoms with E-state index in [1.165, 1.54) is 18.2 Å². The Kier molecular flexibility index (Phi) is 3.43. The fraction of sp³-hybridized carbons (Fsp3) is 0. The number of rotatable bonds is 2. The van der Waals surface area contributed by atoms with Gasteiger partial charge in [-0.1, -0.05) is 54.6 Å². The summed E-state index contributed by atoms with van der Waals surface area (Å²) in [5.41, 5.74) is 3.04.